The van der Waals surface area contributed by atoms with Crippen molar-refractivity contribution < 1.29 is 9.35 Å². The summed E-state index contributed by atoms with van der Waals surface area (Å²) >= 11 is -1.22. The van der Waals surface area contributed by atoms with Gasteiger partial charge in [0.05, 0.1) is 11.4 Å². The molecule has 1 atom stereocenters. The van der Waals surface area contributed by atoms with E-state index in [1.807, 2.05) is 35.5 Å². The van der Waals surface area contributed by atoms with Crippen LogP contribution in [-0.2, 0) is 16.2 Å². The third kappa shape index (κ3) is 4.43. The molecule has 1 saturated carbocycles. The summed E-state index contributed by atoms with van der Waals surface area (Å²) in [5, 5.41) is 4.82. The highest BCUT2D eigenvalue weighted by molar-refractivity contribution is 7.92. The van der Waals surface area contributed by atoms with E-state index in [-0.39, 0.29) is 5.91 Å². The molecular formula is C23H32N4O2S. The van der Waals surface area contributed by atoms with E-state index in [0.717, 1.165) is 41.4 Å². The van der Waals surface area contributed by atoms with Crippen LogP contribution in [0.2, 0.25) is 0 Å². The van der Waals surface area contributed by atoms with Gasteiger partial charge in [-0.25, -0.2) is 0 Å². The quantitative estimate of drug-likeness (QED) is 0.568. The minimum Gasteiger partial charge on any atom is -0.593 e. The molecule has 1 saturated heterocycles. The van der Waals surface area contributed by atoms with Gasteiger partial charge in [-0.05, 0) is 67.9 Å². The first-order chi connectivity index (χ1) is 14.4. The predicted octanol–water partition coefficient (Wildman–Crippen LogP) is 3.40. The molecule has 0 radical (unpaired) electrons. The molecule has 2 aliphatic heterocycles. The van der Waals surface area contributed by atoms with Crippen LogP contribution in [0.5, 0.6) is 0 Å². The normalized spacial score (nSPS) is 28.0. The van der Waals surface area contributed by atoms with E-state index in [0.29, 0.717) is 31.8 Å². The number of anilines is 1. The summed E-state index contributed by atoms with van der Waals surface area (Å²) in [7, 11) is 0. The largest absolute Gasteiger partial charge is 0.593 e. The van der Waals surface area contributed by atoms with Gasteiger partial charge in [-0.1, -0.05) is 25.8 Å². The highest BCUT2D eigenvalue weighted by Gasteiger charge is 2.48. The van der Waals surface area contributed by atoms with Gasteiger partial charge in [-0.2, -0.15) is 0 Å². The number of hydrogen-bond donors (Lipinski definition) is 2. The summed E-state index contributed by atoms with van der Waals surface area (Å²) < 4.78 is 14.7. The second kappa shape index (κ2) is 8.73. The molecule has 0 bridgehead atoms. The molecule has 0 unspecified atom stereocenters. The lowest BCUT2D eigenvalue weighted by atomic mass is 9.82. The fraction of sp³-hybridized carbons (Fsp3) is 0.565. The molecule has 1 spiro atoms. The molecule has 1 aromatic carbocycles. The monoisotopic (exact) mass is 428 g/mol. The lowest BCUT2D eigenvalue weighted by molar-refractivity contribution is -0.124. The van der Waals surface area contributed by atoms with Crippen LogP contribution >= 0.6 is 0 Å². The summed E-state index contributed by atoms with van der Waals surface area (Å²) in [6.07, 6.45) is 7.76. The molecule has 2 heterocycles. The molecule has 1 amide bonds. The average Bonchev–Trinajstić information content (AvgIpc) is 3.04. The van der Waals surface area contributed by atoms with E-state index in [9.17, 15) is 9.35 Å². The Labute approximate surface area is 182 Å². The second-order valence-corrected chi connectivity index (χ2v) is 10.4. The zero-order valence-corrected chi connectivity index (χ0v) is 18.7. The Bertz CT molecular complexity index is 853. The van der Waals surface area contributed by atoms with Crippen molar-refractivity contribution in [3.63, 3.8) is 0 Å². The van der Waals surface area contributed by atoms with Gasteiger partial charge >= 0.3 is 0 Å². The van der Waals surface area contributed by atoms with E-state index >= 15 is 0 Å². The maximum Gasteiger partial charge on any atom is 0.253 e. The fourth-order valence-electron chi connectivity index (χ4n) is 4.75. The predicted molar refractivity (Wildman–Crippen MR) is 123 cm³/mol. The number of piperidine rings is 1. The number of nitrogen functional groups attached to an aromatic ring is 1. The van der Waals surface area contributed by atoms with Crippen LogP contribution in [0.4, 0.5) is 5.69 Å². The van der Waals surface area contributed by atoms with Crippen molar-refractivity contribution in [2.75, 3.05) is 18.8 Å². The Hall–Kier alpha value is -1.83. The van der Waals surface area contributed by atoms with Crippen molar-refractivity contribution in [3.8, 4) is 0 Å². The topological polar surface area (TPSA) is 93.8 Å². The number of nitrogens with zero attached hydrogens (tertiary/aromatic N) is 2. The zero-order chi connectivity index (χ0) is 21.3. The Morgan fingerprint density at radius 1 is 1.27 bits per heavy atom. The SMILES string of the molecule is Cc1cc(N)ccc1/C=C/[S@+]([O-])N1CCC2(CC1)N=C(C1CCC(C)CC1)NC2=O. The van der Waals surface area contributed by atoms with Crippen LogP contribution < -0.4 is 11.1 Å². The molecule has 1 aromatic rings. The van der Waals surface area contributed by atoms with Gasteiger partial charge in [0.25, 0.3) is 5.91 Å². The number of nitrogens with two attached hydrogens (primary N) is 1. The van der Waals surface area contributed by atoms with Crippen LogP contribution in [0.1, 0.15) is 56.6 Å². The number of carbonyl (C=O) groups excluding carboxylic acids is 1. The third-order valence-corrected chi connectivity index (χ3v) is 8.11. The Balaban J connectivity index is 1.37. The van der Waals surface area contributed by atoms with E-state index in [2.05, 4.69) is 12.2 Å². The minimum atomic E-state index is -1.22. The number of benzene rings is 1. The van der Waals surface area contributed by atoms with E-state index < -0.39 is 16.9 Å². The molecule has 3 aliphatic rings. The number of nitrogens with one attached hydrogen (secondary N) is 1. The van der Waals surface area contributed by atoms with Crippen molar-refractivity contribution >= 4 is 34.9 Å². The Morgan fingerprint density at radius 3 is 2.63 bits per heavy atom. The number of rotatable bonds is 4. The van der Waals surface area contributed by atoms with E-state index in [1.54, 1.807) is 5.41 Å². The first kappa shape index (κ1) is 21.4. The van der Waals surface area contributed by atoms with Crippen LogP contribution in [0.3, 0.4) is 0 Å². The van der Waals surface area contributed by atoms with Gasteiger partial charge in [-0.15, -0.1) is 4.31 Å². The molecule has 1 aliphatic carbocycles. The van der Waals surface area contributed by atoms with Crippen LogP contribution in [0.25, 0.3) is 6.08 Å². The van der Waals surface area contributed by atoms with Crippen molar-refractivity contribution in [2.24, 2.45) is 16.8 Å². The molecule has 0 aromatic heterocycles. The van der Waals surface area contributed by atoms with Gasteiger partial charge in [-0.3, -0.25) is 9.79 Å². The molecule has 7 heteroatoms. The van der Waals surface area contributed by atoms with Crippen molar-refractivity contribution in [1.29, 1.82) is 0 Å². The first-order valence-electron chi connectivity index (χ1n) is 11.0. The second-order valence-electron chi connectivity index (χ2n) is 9.06. The summed E-state index contributed by atoms with van der Waals surface area (Å²) in [6.45, 7) is 5.49. The van der Waals surface area contributed by atoms with E-state index in [4.69, 9.17) is 10.7 Å². The number of aliphatic imine (C=N–C) groups is 1. The summed E-state index contributed by atoms with van der Waals surface area (Å²) in [6, 6.07) is 5.70. The molecule has 2 fully saturated rings. The van der Waals surface area contributed by atoms with Gasteiger partial charge in [0.1, 0.15) is 16.8 Å². The molecule has 6 nitrogen and oxygen atoms in total. The zero-order valence-electron chi connectivity index (χ0n) is 17.9. The van der Waals surface area contributed by atoms with Gasteiger partial charge < -0.3 is 15.6 Å². The third-order valence-electron chi connectivity index (χ3n) is 6.86. The Kier molecular flexibility index (Phi) is 6.23. The standard InChI is InChI=1S/C23H32N4O2S/c1-16-3-5-19(6-4-16)21-25-22(28)23(26-21)10-12-27(13-11-23)30(29)14-9-18-7-8-20(24)15-17(18)2/h7-9,14-16,19H,3-6,10-13,24H2,1-2H3,(H,25,26,28)/b14-9+/t16?,19?,30-/m0/s1. The minimum absolute atomic E-state index is 0.0367. The lowest BCUT2D eigenvalue weighted by Crippen LogP contribution is -2.50. The molecule has 3 N–H and O–H groups in total. The van der Waals surface area contributed by atoms with E-state index in [1.165, 1.54) is 12.8 Å². The van der Waals surface area contributed by atoms with Crippen LogP contribution in [0.15, 0.2) is 28.6 Å². The average molecular weight is 429 g/mol. The van der Waals surface area contributed by atoms with Gasteiger partial charge in [0, 0.05) is 24.7 Å². The molecular weight excluding hydrogens is 396 g/mol. The lowest BCUT2D eigenvalue weighted by Gasteiger charge is -2.34. The van der Waals surface area contributed by atoms with Crippen molar-refractivity contribution in [3.05, 3.63) is 34.7 Å². The molecule has 30 heavy (non-hydrogen) atoms. The number of carbonyl (C=O) groups is 1. The van der Waals surface area contributed by atoms with Crippen molar-refractivity contribution in [1.82, 2.24) is 9.62 Å². The number of hydrogen-bond acceptors (Lipinski definition) is 5. The van der Waals surface area contributed by atoms with Gasteiger partial charge in [0.15, 0.2) is 0 Å². The number of aryl methyl sites for hydroxylation is 1. The summed E-state index contributed by atoms with van der Waals surface area (Å²) in [4.78, 5) is 17.7. The van der Waals surface area contributed by atoms with Crippen LogP contribution in [0, 0.1) is 18.8 Å². The van der Waals surface area contributed by atoms with Gasteiger partial charge in [0.2, 0.25) is 0 Å². The Morgan fingerprint density at radius 2 is 1.97 bits per heavy atom. The maximum atomic E-state index is 12.8. The maximum absolute atomic E-state index is 12.8. The van der Waals surface area contributed by atoms with Crippen LogP contribution in [-0.4, -0.2) is 39.2 Å². The smallest absolute Gasteiger partial charge is 0.253 e. The first-order valence-corrected chi connectivity index (χ1v) is 12.1. The summed E-state index contributed by atoms with van der Waals surface area (Å²) in [5.74, 6) is 2.11. The summed E-state index contributed by atoms with van der Waals surface area (Å²) in [5.41, 5.74) is 7.94. The van der Waals surface area contributed by atoms with Crippen molar-refractivity contribution in [2.45, 2.75) is 57.9 Å². The molecule has 4 rings (SSSR count). The molecule has 162 valence electrons. The number of amides is 1. The highest BCUT2D eigenvalue weighted by Crippen LogP contribution is 2.36. The number of amidine groups is 1. The fourth-order valence-corrected chi connectivity index (χ4v) is 5.72. The highest BCUT2D eigenvalue weighted by atomic mass is 32.2.